The molecule has 94 valence electrons. The van der Waals surface area contributed by atoms with Crippen molar-refractivity contribution < 1.29 is 0 Å². The van der Waals surface area contributed by atoms with E-state index in [9.17, 15) is 0 Å². The Morgan fingerprint density at radius 1 is 1.41 bits per heavy atom. The maximum atomic E-state index is 5.98. The van der Waals surface area contributed by atoms with Crippen molar-refractivity contribution in [2.75, 3.05) is 17.3 Å². The van der Waals surface area contributed by atoms with Gasteiger partial charge in [0.15, 0.2) is 0 Å². The van der Waals surface area contributed by atoms with Crippen LogP contribution >= 0.6 is 11.6 Å². The highest BCUT2D eigenvalue weighted by Crippen LogP contribution is 2.44. The zero-order chi connectivity index (χ0) is 12.6. The number of nitrogens with zero attached hydrogens (tertiary/aromatic N) is 1. The van der Waals surface area contributed by atoms with Gasteiger partial charge in [-0.15, -0.1) is 11.6 Å². The van der Waals surface area contributed by atoms with Gasteiger partial charge in [-0.25, -0.2) is 0 Å². The molecule has 1 unspecified atom stereocenters. The summed E-state index contributed by atoms with van der Waals surface area (Å²) in [4.78, 5) is 2.49. The van der Waals surface area contributed by atoms with Crippen molar-refractivity contribution in [3.05, 3.63) is 29.3 Å². The highest BCUT2D eigenvalue weighted by Gasteiger charge is 2.36. The lowest BCUT2D eigenvalue weighted by atomic mass is 9.79. The number of hydrogen-bond acceptors (Lipinski definition) is 1. The third-order valence-electron chi connectivity index (χ3n) is 3.91. The molecule has 0 N–H and O–H groups in total. The quantitative estimate of drug-likeness (QED) is 0.708. The smallest absolute Gasteiger partial charge is 0.0436 e. The number of halogens is 1. The monoisotopic (exact) mass is 251 g/mol. The first-order valence-corrected chi connectivity index (χ1v) is 6.94. The third kappa shape index (κ3) is 2.18. The molecule has 1 aliphatic rings. The Hall–Kier alpha value is -0.690. The van der Waals surface area contributed by atoms with Crippen LogP contribution in [-0.4, -0.2) is 18.0 Å². The second-order valence-corrected chi connectivity index (χ2v) is 6.15. The number of aryl methyl sites for hydroxylation is 1. The number of para-hydroxylation sites is 1. The summed E-state index contributed by atoms with van der Waals surface area (Å²) in [5.41, 5.74) is 4.46. The molecular weight excluding hydrogens is 230 g/mol. The second-order valence-electron chi connectivity index (χ2n) is 5.77. The lowest BCUT2D eigenvalue weighted by Crippen LogP contribution is -2.49. The molecule has 1 nitrogen and oxygen atoms in total. The van der Waals surface area contributed by atoms with Crippen LogP contribution in [0.5, 0.6) is 0 Å². The summed E-state index contributed by atoms with van der Waals surface area (Å²) >= 11 is 5.98. The molecule has 1 aliphatic heterocycles. The van der Waals surface area contributed by atoms with Crippen molar-refractivity contribution >= 4 is 17.3 Å². The molecule has 0 fully saturated rings. The van der Waals surface area contributed by atoms with E-state index in [2.05, 4.69) is 50.8 Å². The van der Waals surface area contributed by atoms with Crippen molar-refractivity contribution in [2.24, 2.45) is 0 Å². The molecular formula is C15H22ClN. The van der Waals surface area contributed by atoms with Gasteiger partial charge in [-0.2, -0.15) is 0 Å². The molecule has 0 saturated carbocycles. The van der Waals surface area contributed by atoms with Gasteiger partial charge in [0.1, 0.15) is 0 Å². The largest absolute Gasteiger partial charge is 0.365 e. The fourth-order valence-electron chi connectivity index (χ4n) is 3.22. The minimum Gasteiger partial charge on any atom is -0.365 e. The topological polar surface area (TPSA) is 3.24 Å². The molecule has 0 amide bonds. The van der Waals surface area contributed by atoms with Crippen LogP contribution in [-0.2, 0) is 0 Å². The Morgan fingerprint density at radius 2 is 2.12 bits per heavy atom. The van der Waals surface area contributed by atoms with Crippen molar-refractivity contribution in [1.82, 2.24) is 0 Å². The van der Waals surface area contributed by atoms with Crippen LogP contribution in [0.1, 0.15) is 44.2 Å². The van der Waals surface area contributed by atoms with Gasteiger partial charge < -0.3 is 4.90 Å². The number of rotatable bonds is 2. The van der Waals surface area contributed by atoms with Crippen molar-refractivity contribution in [1.29, 1.82) is 0 Å². The second kappa shape index (κ2) is 4.53. The van der Waals surface area contributed by atoms with E-state index in [-0.39, 0.29) is 5.54 Å². The number of anilines is 1. The average Bonchev–Trinajstić information content (AvgIpc) is 2.24. The summed E-state index contributed by atoms with van der Waals surface area (Å²) in [5.74, 6) is 1.32. The summed E-state index contributed by atoms with van der Waals surface area (Å²) in [7, 11) is 0. The number of hydrogen-bond donors (Lipinski definition) is 0. The highest BCUT2D eigenvalue weighted by molar-refractivity contribution is 6.18. The predicted octanol–water partition coefficient (Wildman–Crippen LogP) is 4.33. The Bertz CT molecular complexity index is 411. The standard InChI is InChI=1S/C15H22ClN/c1-11-6-5-7-13-12(2)10-15(3,4)17(9-8-16)14(11)13/h5-7,12H,8-10H2,1-4H3. The van der Waals surface area contributed by atoms with E-state index in [4.69, 9.17) is 11.6 Å². The van der Waals surface area contributed by atoms with E-state index < -0.39 is 0 Å². The first-order valence-electron chi connectivity index (χ1n) is 6.40. The molecule has 2 rings (SSSR count). The Morgan fingerprint density at radius 3 is 2.76 bits per heavy atom. The summed E-state index contributed by atoms with van der Waals surface area (Å²) in [5, 5.41) is 0. The van der Waals surface area contributed by atoms with Gasteiger partial charge in [-0.3, -0.25) is 0 Å². The highest BCUT2D eigenvalue weighted by atomic mass is 35.5. The first kappa shape index (κ1) is 12.8. The summed E-state index contributed by atoms with van der Waals surface area (Å²) < 4.78 is 0. The molecule has 0 bridgehead atoms. The zero-order valence-corrected chi connectivity index (χ0v) is 12.0. The zero-order valence-electron chi connectivity index (χ0n) is 11.3. The van der Waals surface area contributed by atoms with Crippen LogP contribution in [0.25, 0.3) is 0 Å². The van der Waals surface area contributed by atoms with E-state index in [0.717, 1.165) is 6.54 Å². The van der Waals surface area contributed by atoms with Crippen LogP contribution in [0, 0.1) is 6.92 Å². The first-order chi connectivity index (χ1) is 7.97. The van der Waals surface area contributed by atoms with Gasteiger partial charge in [0.05, 0.1) is 0 Å². The molecule has 1 atom stereocenters. The third-order valence-corrected chi connectivity index (χ3v) is 4.08. The normalized spacial score (nSPS) is 22.4. The average molecular weight is 252 g/mol. The van der Waals surface area contributed by atoms with E-state index in [1.807, 2.05) is 0 Å². The summed E-state index contributed by atoms with van der Waals surface area (Å²) in [6.07, 6.45) is 1.19. The van der Waals surface area contributed by atoms with Crippen molar-refractivity contribution in [2.45, 2.75) is 45.6 Å². The lowest BCUT2D eigenvalue weighted by molar-refractivity contribution is 0.381. The summed E-state index contributed by atoms with van der Waals surface area (Å²) in [6, 6.07) is 6.64. The fraction of sp³-hybridized carbons (Fsp3) is 0.600. The Kier molecular flexibility index (Phi) is 3.40. The van der Waals surface area contributed by atoms with Crippen molar-refractivity contribution in [3.8, 4) is 0 Å². The molecule has 0 spiro atoms. The SMILES string of the molecule is Cc1cccc2c1N(CCCl)C(C)(C)CC2C. The van der Waals surface area contributed by atoms with E-state index in [0.29, 0.717) is 11.8 Å². The van der Waals surface area contributed by atoms with Gasteiger partial charge in [-0.1, -0.05) is 25.1 Å². The maximum Gasteiger partial charge on any atom is 0.0436 e. The molecule has 1 aromatic carbocycles. The minimum atomic E-state index is 0.202. The molecule has 0 radical (unpaired) electrons. The van der Waals surface area contributed by atoms with E-state index in [1.165, 1.54) is 23.2 Å². The summed E-state index contributed by atoms with van der Waals surface area (Å²) in [6.45, 7) is 10.1. The molecule has 0 saturated heterocycles. The Labute approximate surface area is 110 Å². The molecule has 0 aliphatic carbocycles. The van der Waals surface area contributed by atoms with Gasteiger partial charge in [0, 0.05) is 23.7 Å². The minimum absolute atomic E-state index is 0.202. The molecule has 2 heteroatoms. The van der Waals surface area contributed by atoms with Crippen LogP contribution in [0.2, 0.25) is 0 Å². The van der Waals surface area contributed by atoms with Crippen LogP contribution in [0.4, 0.5) is 5.69 Å². The number of fused-ring (bicyclic) bond motifs is 1. The van der Waals surface area contributed by atoms with Crippen LogP contribution in [0.15, 0.2) is 18.2 Å². The molecule has 0 aromatic heterocycles. The van der Waals surface area contributed by atoms with Crippen LogP contribution < -0.4 is 4.90 Å². The van der Waals surface area contributed by atoms with Gasteiger partial charge in [-0.05, 0) is 44.2 Å². The van der Waals surface area contributed by atoms with Gasteiger partial charge in [0.2, 0.25) is 0 Å². The predicted molar refractivity (Wildman–Crippen MR) is 76.4 cm³/mol. The lowest BCUT2D eigenvalue weighted by Gasteiger charge is -2.48. The van der Waals surface area contributed by atoms with E-state index in [1.54, 1.807) is 0 Å². The maximum absolute atomic E-state index is 5.98. The Balaban J connectivity index is 2.55. The van der Waals surface area contributed by atoms with Crippen molar-refractivity contribution in [3.63, 3.8) is 0 Å². The van der Waals surface area contributed by atoms with E-state index >= 15 is 0 Å². The number of alkyl halides is 1. The van der Waals surface area contributed by atoms with Crippen LogP contribution in [0.3, 0.4) is 0 Å². The number of benzene rings is 1. The molecule has 17 heavy (non-hydrogen) atoms. The molecule has 1 heterocycles. The molecule has 1 aromatic rings. The van der Waals surface area contributed by atoms with Gasteiger partial charge >= 0.3 is 0 Å². The fourth-order valence-corrected chi connectivity index (χ4v) is 3.39. The van der Waals surface area contributed by atoms with Gasteiger partial charge in [0.25, 0.3) is 0 Å².